The van der Waals surface area contributed by atoms with E-state index in [2.05, 4.69) is 5.32 Å². The van der Waals surface area contributed by atoms with E-state index in [1.807, 2.05) is 0 Å². The van der Waals surface area contributed by atoms with Crippen LogP contribution in [0.5, 0.6) is 0 Å². The van der Waals surface area contributed by atoms with Gasteiger partial charge in [0.2, 0.25) is 12.2 Å². The summed E-state index contributed by atoms with van der Waals surface area (Å²) in [5, 5.41) is 2.48. The largest absolute Gasteiger partial charge is 0.463 e. The molecular weight excluding hydrogens is 638 g/mol. The van der Waals surface area contributed by atoms with Gasteiger partial charge in [0, 0.05) is 55.4 Å². The highest BCUT2D eigenvalue weighted by Gasteiger charge is 2.57. The molecule has 19 heteroatoms. The molecule has 0 aromatic rings. The Kier molecular flexibility index (Phi) is 14.5. The van der Waals surface area contributed by atoms with E-state index in [9.17, 15) is 38.4 Å². The van der Waals surface area contributed by atoms with E-state index in [0.29, 0.717) is 0 Å². The number of rotatable bonds is 12. The molecule has 2 rings (SSSR count). The molecule has 0 aliphatic carbocycles. The quantitative estimate of drug-likeness (QED) is 0.187. The highest BCUT2D eigenvalue weighted by atomic mass is 16.8. The Balaban J connectivity index is 2.73. The van der Waals surface area contributed by atoms with Gasteiger partial charge in [-0.1, -0.05) is 0 Å². The summed E-state index contributed by atoms with van der Waals surface area (Å²) in [6, 6.07) is -1.43. The van der Waals surface area contributed by atoms with Crippen LogP contribution in [0.1, 0.15) is 55.4 Å². The highest BCUT2D eigenvalue weighted by molar-refractivity contribution is 5.74. The van der Waals surface area contributed by atoms with E-state index in [1.54, 1.807) is 0 Å². The third-order valence-corrected chi connectivity index (χ3v) is 6.29. The van der Waals surface area contributed by atoms with Gasteiger partial charge < -0.3 is 52.7 Å². The first-order chi connectivity index (χ1) is 21.9. The van der Waals surface area contributed by atoms with Crippen LogP contribution >= 0.6 is 0 Å². The Labute approximate surface area is 269 Å². The molecule has 0 saturated carbocycles. The van der Waals surface area contributed by atoms with Gasteiger partial charge in [0.25, 0.3) is 0 Å². The van der Waals surface area contributed by atoms with Crippen molar-refractivity contribution in [1.29, 1.82) is 0 Å². The highest BCUT2D eigenvalue weighted by Crippen LogP contribution is 2.34. The summed E-state index contributed by atoms with van der Waals surface area (Å²) >= 11 is 0. The summed E-state index contributed by atoms with van der Waals surface area (Å²) in [6.45, 7) is 7.30. The molecule has 0 aromatic carbocycles. The van der Waals surface area contributed by atoms with Gasteiger partial charge in [-0.2, -0.15) is 0 Å². The first kappa shape index (κ1) is 38.8. The number of hydrogen-bond acceptors (Lipinski definition) is 18. The third-order valence-electron chi connectivity index (χ3n) is 6.29. The molecular formula is C28H39NO18. The van der Waals surface area contributed by atoms with Crippen molar-refractivity contribution in [2.75, 3.05) is 13.2 Å². The molecule has 264 valence electrons. The summed E-state index contributed by atoms with van der Waals surface area (Å²) in [5.41, 5.74) is 0. The second kappa shape index (κ2) is 17.5. The van der Waals surface area contributed by atoms with Gasteiger partial charge in [-0.05, 0) is 0 Å². The van der Waals surface area contributed by atoms with E-state index in [-0.39, 0.29) is 0 Å². The van der Waals surface area contributed by atoms with Crippen molar-refractivity contribution in [1.82, 2.24) is 5.32 Å². The van der Waals surface area contributed by atoms with Gasteiger partial charge >= 0.3 is 41.8 Å². The topological polar surface area (TPSA) is 241 Å². The predicted octanol–water partition coefficient (Wildman–Crippen LogP) is -1.26. The molecule has 1 N–H and O–H groups in total. The smallest absolute Gasteiger partial charge is 0.305 e. The molecule has 2 saturated heterocycles. The van der Waals surface area contributed by atoms with E-state index in [1.165, 1.54) is 0 Å². The molecule has 0 radical (unpaired) electrons. The monoisotopic (exact) mass is 677 g/mol. The Morgan fingerprint density at radius 2 is 0.872 bits per heavy atom. The maximum absolute atomic E-state index is 12.3. The van der Waals surface area contributed by atoms with Gasteiger partial charge in [0.15, 0.2) is 30.7 Å². The fourth-order valence-electron chi connectivity index (χ4n) is 4.84. The van der Waals surface area contributed by atoms with Crippen LogP contribution in [0.3, 0.4) is 0 Å². The Morgan fingerprint density at radius 3 is 1.32 bits per heavy atom. The zero-order valence-corrected chi connectivity index (χ0v) is 27.0. The molecule has 2 fully saturated rings. The van der Waals surface area contributed by atoms with E-state index in [0.717, 1.165) is 55.4 Å². The molecule has 19 nitrogen and oxygen atoms in total. The van der Waals surface area contributed by atoms with E-state index in [4.69, 9.17) is 47.4 Å². The van der Waals surface area contributed by atoms with Crippen molar-refractivity contribution < 1.29 is 85.7 Å². The molecule has 47 heavy (non-hydrogen) atoms. The van der Waals surface area contributed by atoms with Crippen LogP contribution in [-0.2, 0) is 85.7 Å². The zero-order valence-electron chi connectivity index (χ0n) is 27.0. The predicted molar refractivity (Wildman–Crippen MR) is 147 cm³/mol. The summed E-state index contributed by atoms with van der Waals surface area (Å²) in [6.07, 6.45) is -14.2. The lowest BCUT2D eigenvalue weighted by Crippen LogP contribution is -2.69. The van der Waals surface area contributed by atoms with Gasteiger partial charge in [-0.3, -0.25) is 38.4 Å². The number of carbonyl (C=O) groups is 8. The molecule has 2 aliphatic heterocycles. The average molecular weight is 678 g/mol. The minimum Gasteiger partial charge on any atom is -0.463 e. The van der Waals surface area contributed by atoms with Gasteiger partial charge in [0.05, 0.1) is 0 Å². The summed E-state index contributed by atoms with van der Waals surface area (Å²) in [4.78, 5) is 96.5. The Hall–Kier alpha value is -4.36. The lowest BCUT2D eigenvalue weighted by Gasteiger charge is -2.48. The van der Waals surface area contributed by atoms with Crippen LogP contribution in [0.25, 0.3) is 0 Å². The first-order valence-corrected chi connectivity index (χ1v) is 14.3. The van der Waals surface area contributed by atoms with Crippen molar-refractivity contribution in [2.24, 2.45) is 0 Å². The van der Waals surface area contributed by atoms with E-state index < -0.39 is 122 Å². The molecule has 2 heterocycles. The number of nitrogens with one attached hydrogen (secondary N) is 1. The lowest BCUT2D eigenvalue weighted by molar-refractivity contribution is -0.348. The second-order valence-electron chi connectivity index (χ2n) is 10.4. The maximum atomic E-state index is 12.3. The molecule has 0 aromatic heterocycles. The minimum absolute atomic E-state index is 0.577. The molecule has 0 spiro atoms. The van der Waals surface area contributed by atoms with Gasteiger partial charge in [-0.25, -0.2) is 0 Å². The Bertz CT molecular complexity index is 1200. The third kappa shape index (κ3) is 12.1. The molecule has 4 unspecified atom stereocenters. The Morgan fingerprint density at radius 1 is 0.468 bits per heavy atom. The van der Waals surface area contributed by atoms with Crippen LogP contribution in [0.15, 0.2) is 0 Å². The number of hydrogen-bond donors (Lipinski definition) is 1. The van der Waals surface area contributed by atoms with Crippen LogP contribution in [-0.4, -0.2) is 122 Å². The van der Waals surface area contributed by atoms with Crippen molar-refractivity contribution in [3.8, 4) is 0 Å². The van der Waals surface area contributed by atoms with Crippen LogP contribution in [0.2, 0.25) is 0 Å². The van der Waals surface area contributed by atoms with Crippen LogP contribution in [0.4, 0.5) is 0 Å². The lowest BCUT2D eigenvalue weighted by atomic mass is 9.94. The van der Waals surface area contributed by atoms with Crippen LogP contribution in [0, 0.1) is 0 Å². The zero-order chi connectivity index (χ0) is 35.6. The first-order valence-electron chi connectivity index (χ1n) is 14.3. The fraction of sp³-hybridized carbons (Fsp3) is 0.714. The number of amides is 1. The maximum Gasteiger partial charge on any atom is 0.305 e. The summed E-state index contributed by atoms with van der Waals surface area (Å²) in [5.74, 6) is -6.64. The average Bonchev–Trinajstić information content (AvgIpc) is 2.91. The number of ether oxygens (including phenoxy) is 10. The standard InChI is InChI=1S/C28H39NO18/c1-11(30)29-21-24(41-15(5)34)22(19(9-38-12(2)31)45-27(21)44-18(8)37)47-28-26(43-17(7)36)25(42-16(6)35)23(40-14(4)33)20(46-28)10-39-13(3)32/h19-28H,9-10H2,1-8H3,(H,29,30)/t19?,20?,21-,22-,23+,24?,25?,26-,27-,28+/m1/s1. The summed E-state index contributed by atoms with van der Waals surface area (Å²) in [7, 11) is 0. The van der Waals surface area contributed by atoms with Crippen molar-refractivity contribution in [2.45, 2.75) is 117 Å². The van der Waals surface area contributed by atoms with Crippen molar-refractivity contribution in [3.63, 3.8) is 0 Å². The molecule has 10 atom stereocenters. The number of carbonyl (C=O) groups excluding carboxylic acids is 8. The van der Waals surface area contributed by atoms with Crippen LogP contribution < -0.4 is 5.32 Å². The molecule has 0 bridgehead atoms. The number of esters is 7. The minimum atomic E-state index is -1.80. The second-order valence-corrected chi connectivity index (χ2v) is 10.4. The van der Waals surface area contributed by atoms with Crippen molar-refractivity contribution in [3.05, 3.63) is 0 Å². The summed E-state index contributed by atoms with van der Waals surface area (Å²) < 4.78 is 55.2. The van der Waals surface area contributed by atoms with E-state index >= 15 is 0 Å². The fourth-order valence-corrected chi connectivity index (χ4v) is 4.84. The molecule has 2 aliphatic rings. The van der Waals surface area contributed by atoms with Gasteiger partial charge in [-0.15, -0.1) is 0 Å². The van der Waals surface area contributed by atoms with Crippen molar-refractivity contribution >= 4 is 47.7 Å². The normalized spacial score (nSPS) is 30.0. The SMILES string of the molecule is CC(=O)N[C@@H]1C(OC(C)=O)[C@H](O[C@@H]2OC(COC(C)=O)[C@H](OC(C)=O)C(OC(C)=O)[C@H]2OC(C)=O)C(COC(C)=O)O[C@H]1OC(C)=O. The molecule has 1 amide bonds. The van der Waals surface area contributed by atoms with Gasteiger partial charge in [0.1, 0.15) is 37.6 Å².